The van der Waals surface area contributed by atoms with E-state index in [1.807, 2.05) is 36.4 Å². The molecule has 1 aromatic heterocycles. The number of aromatic hydroxyl groups is 1. The van der Waals surface area contributed by atoms with E-state index in [1.54, 1.807) is 48.2 Å². The van der Waals surface area contributed by atoms with Crippen LogP contribution in [0, 0.1) is 0 Å². The molecular formula is C22H18N4O2S. The summed E-state index contributed by atoms with van der Waals surface area (Å²) in [6.45, 7) is 0. The van der Waals surface area contributed by atoms with Crippen LogP contribution in [-0.2, 0) is 5.75 Å². The van der Waals surface area contributed by atoms with Gasteiger partial charge in [-0.05, 0) is 42.0 Å². The second-order valence-electron chi connectivity index (χ2n) is 6.30. The summed E-state index contributed by atoms with van der Waals surface area (Å²) >= 11 is 1.61. The highest BCUT2D eigenvalue weighted by molar-refractivity contribution is 7.98. The molecule has 0 atom stereocenters. The molecule has 1 heterocycles. The molecule has 29 heavy (non-hydrogen) atoms. The number of hydrazone groups is 1. The Balaban J connectivity index is 1.33. The molecule has 0 radical (unpaired) electrons. The van der Waals surface area contributed by atoms with Crippen LogP contribution in [0.1, 0.15) is 21.5 Å². The van der Waals surface area contributed by atoms with Gasteiger partial charge in [0.05, 0.1) is 17.2 Å². The average Bonchev–Trinajstić information content (AvgIpc) is 3.17. The third-order valence-corrected chi connectivity index (χ3v) is 5.21. The Morgan fingerprint density at radius 3 is 2.62 bits per heavy atom. The van der Waals surface area contributed by atoms with Gasteiger partial charge in [-0.1, -0.05) is 48.2 Å². The van der Waals surface area contributed by atoms with Crippen molar-refractivity contribution in [3.8, 4) is 5.75 Å². The van der Waals surface area contributed by atoms with Crippen molar-refractivity contribution in [1.82, 2.24) is 15.4 Å². The number of thioether (sulfide) groups is 1. The predicted octanol–water partition coefficient (Wildman–Crippen LogP) is 4.32. The van der Waals surface area contributed by atoms with Gasteiger partial charge in [0.25, 0.3) is 5.91 Å². The number of nitrogens with zero attached hydrogens (tertiary/aromatic N) is 2. The van der Waals surface area contributed by atoms with Crippen LogP contribution in [0.4, 0.5) is 0 Å². The fourth-order valence-corrected chi connectivity index (χ4v) is 3.56. The summed E-state index contributed by atoms with van der Waals surface area (Å²) in [5.74, 6) is 0.539. The number of benzene rings is 3. The molecule has 0 fully saturated rings. The highest BCUT2D eigenvalue weighted by Crippen LogP contribution is 2.23. The van der Waals surface area contributed by atoms with E-state index in [-0.39, 0.29) is 11.7 Å². The number of phenolic OH excluding ortho intramolecular Hbond substituents is 1. The lowest BCUT2D eigenvalue weighted by Crippen LogP contribution is -2.17. The first kappa shape index (κ1) is 18.8. The Morgan fingerprint density at radius 2 is 1.83 bits per heavy atom. The molecule has 0 unspecified atom stereocenters. The summed E-state index contributed by atoms with van der Waals surface area (Å²) in [5, 5.41) is 14.4. The number of carbonyl (C=O) groups excluding carboxylic acids is 1. The molecule has 0 aliphatic carbocycles. The predicted molar refractivity (Wildman–Crippen MR) is 115 cm³/mol. The van der Waals surface area contributed by atoms with E-state index in [2.05, 4.69) is 20.5 Å². The van der Waals surface area contributed by atoms with Crippen LogP contribution in [-0.4, -0.2) is 27.2 Å². The van der Waals surface area contributed by atoms with Crippen LogP contribution in [0.2, 0.25) is 0 Å². The maximum Gasteiger partial charge on any atom is 0.271 e. The topological polar surface area (TPSA) is 90.4 Å². The maximum atomic E-state index is 12.2. The lowest BCUT2D eigenvalue weighted by atomic mass is 10.1. The number of para-hydroxylation sites is 3. The Kier molecular flexibility index (Phi) is 5.58. The van der Waals surface area contributed by atoms with Gasteiger partial charge >= 0.3 is 0 Å². The lowest BCUT2D eigenvalue weighted by Gasteiger charge is -2.03. The SMILES string of the molecule is O=C(NN=Cc1ccccc1O)c1ccc(CSc2nc3ccccc3[nH]2)cc1. The van der Waals surface area contributed by atoms with Crippen LogP contribution in [0.15, 0.2) is 83.1 Å². The number of imidazole rings is 1. The van der Waals surface area contributed by atoms with Crippen molar-refractivity contribution >= 4 is 34.9 Å². The summed E-state index contributed by atoms with van der Waals surface area (Å²) in [5.41, 5.74) is 6.57. The molecule has 0 aliphatic heterocycles. The number of hydrogen-bond donors (Lipinski definition) is 3. The van der Waals surface area contributed by atoms with Crippen molar-refractivity contribution in [3.05, 3.63) is 89.5 Å². The molecule has 7 heteroatoms. The van der Waals surface area contributed by atoms with Crippen LogP contribution < -0.4 is 5.43 Å². The summed E-state index contributed by atoms with van der Waals surface area (Å²) < 4.78 is 0. The summed E-state index contributed by atoms with van der Waals surface area (Å²) in [4.78, 5) is 20.0. The van der Waals surface area contributed by atoms with Crippen molar-refractivity contribution in [2.75, 3.05) is 0 Å². The average molecular weight is 402 g/mol. The number of aromatic amines is 1. The Morgan fingerprint density at radius 1 is 1.07 bits per heavy atom. The molecule has 0 spiro atoms. The van der Waals surface area contributed by atoms with Crippen molar-refractivity contribution in [1.29, 1.82) is 0 Å². The Hall–Kier alpha value is -3.58. The van der Waals surface area contributed by atoms with Gasteiger partial charge in [-0.25, -0.2) is 10.4 Å². The zero-order chi connectivity index (χ0) is 20.1. The summed E-state index contributed by atoms with van der Waals surface area (Å²) in [6.07, 6.45) is 1.41. The third-order valence-electron chi connectivity index (χ3n) is 4.27. The van der Waals surface area contributed by atoms with Crippen LogP contribution >= 0.6 is 11.8 Å². The molecule has 0 saturated heterocycles. The monoisotopic (exact) mass is 402 g/mol. The summed E-state index contributed by atoms with van der Waals surface area (Å²) in [6, 6.07) is 22.0. The normalized spacial score (nSPS) is 11.2. The van der Waals surface area contributed by atoms with Gasteiger partial charge in [-0.3, -0.25) is 4.79 Å². The Labute approximate surface area is 171 Å². The molecule has 1 amide bonds. The second kappa shape index (κ2) is 8.62. The van der Waals surface area contributed by atoms with E-state index in [9.17, 15) is 9.90 Å². The largest absolute Gasteiger partial charge is 0.507 e. The van der Waals surface area contributed by atoms with Gasteiger partial charge in [-0.2, -0.15) is 5.10 Å². The fourth-order valence-electron chi connectivity index (χ4n) is 2.72. The molecule has 144 valence electrons. The first-order valence-electron chi connectivity index (χ1n) is 8.97. The zero-order valence-electron chi connectivity index (χ0n) is 15.4. The number of rotatable bonds is 6. The highest BCUT2D eigenvalue weighted by Gasteiger charge is 2.06. The minimum atomic E-state index is -0.312. The molecule has 0 saturated carbocycles. The van der Waals surface area contributed by atoms with Crippen molar-refractivity contribution in [2.45, 2.75) is 10.9 Å². The molecule has 4 aromatic rings. The van der Waals surface area contributed by atoms with E-state index in [0.29, 0.717) is 11.1 Å². The molecular weight excluding hydrogens is 384 g/mol. The number of amides is 1. The van der Waals surface area contributed by atoms with E-state index in [4.69, 9.17) is 0 Å². The molecule has 6 nitrogen and oxygen atoms in total. The molecule has 0 aliphatic rings. The van der Waals surface area contributed by atoms with Crippen molar-refractivity contribution in [3.63, 3.8) is 0 Å². The quantitative estimate of drug-likeness (QED) is 0.254. The lowest BCUT2D eigenvalue weighted by molar-refractivity contribution is 0.0955. The van der Waals surface area contributed by atoms with E-state index >= 15 is 0 Å². The minimum Gasteiger partial charge on any atom is -0.507 e. The number of carbonyl (C=O) groups is 1. The second-order valence-corrected chi connectivity index (χ2v) is 7.27. The number of H-pyrrole nitrogens is 1. The van der Waals surface area contributed by atoms with Gasteiger partial charge in [0.1, 0.15) is 5.75 Å². The zero-order valence-corrected chi connectivity index (χ0v) is 16.2. The fraction of sp³-hybridized carbons (Fsp3) is 0.0455. The van der Waals surface area contributed by atoms with Gasteiger partial charge in [-0.15, -0.1) is 0 Å². The maximum absolute atomic E-state index is 12.2. The van der Waals surface area contributed by atoms with Crippen molar-refractivity contribution < 1.29 is 9.90 Å². The number of hydrogen-bond acceptors (Lipinski definition) is 5. The smallest absolute Gasteiger partial charge is 0.271 e. The van der Waals surface area contributed by atoms with Crippen molar-refractivity contribution in [2.24, 2.45) is 5.10 Å². The van der Waals surface area contributed by atoms with Crippen LogP contribution in [0.25, 0.3) is 11.0 Å². The van der Waals surface area contributed by atoms with E-state index < -0.39 is 0 Å². The van der Waals surface area contributed by atoms with Gasteiger partial charge < -0.3 is 10.1 Å². The number of aromatic nitrogens is 2. The summed E-state index contributed by atoms with van der Waals surface area (Å²) in [7, 11) is 0. The highest BCUT2D eigenvalue weighted by atomic mass is 32.2. The third kappa shape index (κ3) is 4.64. The Bertz CT molecular complexity index is 1140. The van der Waals surface area contributed by atoms with Crippen LogP contribution in [0.5, 0.6) is 5.75 Å². The van der Waals surface area contributed by atoms with Gasteiger partial charge in [0.15, 0.2) is 5.16 Å². The van der Waals surface area contributed by atoms with Crippen LogP contribution in [0.3, 0.4) is 0 Å². The van der Waals surface area contributed by atoms with E-state index in [0.717, 1.165) is 27.5 Å². The number of phenols is 1. The number of nitrogens with one attached hydrogen (secondary N) is 2. The van der Waals surface area contributed by atoms with E-state index in [1.165, 1.54) is 6.21 Å². The first-order valence-corrected chi connectivity index (χ1v) is 9.95. The minimum absolute atomic E-state index is 0.108. The standard InChI is InChI=1S/C22H18N4O2S/c27-20-8-4-1-5-17(20)13-23-26-21(28)16-11-9-15(10-12-16)14-29-22-24-18-6-2-3-7-19(18)25-22/h1-13,27H,14H2,(H,24,25)(H,26,28). The first-order chi connectivity index (χ1) is 14.2. The molecule has 3 aromatic carbocycles. The molecule has 3 N–H and O–H groups in total. The van der Waals surface area contributed by atoms with Gasteiger partial charge in [0.2, 0.25) is 0 Å². The van der Waals surface area contributed by atoms with Gasteiger partial charge in [0, 0.05) is 16.9 Å². The number of fused-ring (bicyclic) bond motifs is 1. The molecule has 0 bridgehead atoms. The molecule has 4 rings (SSSR count).